The van der Waals surface area contributed by atoms with E-state index >= 15 is 0 Å². The summed E-state index contributed by atoms with van der Waals surface area (Å²) in [6.07, 6.45) is 3.60. The van der Waals surface area contributed by atoms with Crippen LogP contribution in [0, 0.1) is 11.3 Å². The van der Waals surface area contributed by atoms with Crippen molar-refractivity contribution in [3.05, 3.63) is 35.4 Å². The number of carbonyl (C=O) groups excluding carboxylic acids is 1. The molecule has 0 aliphatic heterocycles. The Labute approximate surface area is 113 Å². The summed E-state index contributed by atoms with van der Waals surface area (Å²) in [5.74, 6) is 0.00682. The van der Waals surface area contributed by atoms with Crippen LogP contribution in [0.15, 0.2) is 24.3 Å². The van der Waals surface area contributed by atoms with Gasteiger partial charge in [0.1, 0.15) is 0 Å². The molecule has 4 nitrogen and oxygen atoms in total. The van der Waals surface area contributed by atoms with E-state index in [1.165, 1.54) is 0 Å². The minimum absolute atomic E-state index is 0.00682. The van der Waals surface area contributed by atoms with Crippen molar-refractivity contribution in [3.63, 3.8) is 0 Å². The molecule has 1 aromatic rings. The predicted molar refractivity (Wildman–Crippen MR) is 73.0 cm³/mol. The smallest absolute Gasteiger partial charge is 0.242 e. The van der Waals surface area contributed by atoms with Gasteiger partial charge in [-0.15, -0.1) is 0 Å². The summed E-state index contributed by atoms with van der Waals surface area (Å²) in [4.78, 5) is 14.0. The van der Waals surface area contributed by atoms with Gasteiger partial charge in [-0.05, 0) is 30.5 Å². The van der Waals surface area contributed by atoms with Crippen LogP contribution in [0.25, 0.3) is 0 Å². The van der Waals surface area contributed by atoms with E-state index in [-0.39, 0.29) is 5.91 Å². The third-order valence-corrected chi connectivity index (χ3v) is 3.74. The molecule has 0 radical (unpaired) electrons. The Bertz CT molecular complexity index is 512. The molecule has 1 aliphatic rings. The number of hydrogen-bond donors (Lipinski definition) is 1. The van der Waals surface area contributed by atoms with Crippen molar-refractivity contribution in [2.45, 2.75) is 37.8 Å². The van der Waals surface area contributed by atoms with Crippen molar-refractivity contribution in [2.24, 2.45) is 5.73 Å². The van der Waals surface area contributed by atoms with Gasteiger partial charge in [0, 0.05) is 13.6 Å². The average Bonchev–Trinajstić information content (AvgIpc) is 2.86. The summed E-state index contributed by atoms with van der Waals surface area (Å²) >= 11 is 0. The van der Waals surface area contributed by atoms with Crippen molar-refractivity contribution in [2.75, 3.05) is 7.05 Å². The molecule has 1 fully saturated rings. The number of rotatable bonds is 3. The number of nitrogens with zero attached hydrogens (tertiary/aromatic N) is 2. The van der Waals surface area contributed by atoms with Crippen LogP contribution in [0.3, 0.4) is 0 Å². The molecule has 0 atom stereocenters. The third kappa shape index (κ3) is 2.94. The lowest BCUT2D eigenvalue weighted by Crippen LogP contribution is -2.52. The minimum atomic E-state index is -0.679. The Morgan fingerprint density at radius 3 is 2.79 bits per heavy atom. The zero-order chi connectivity index (χ0) is 13.9. The van der Waals surface area contributed by atoms with Crippen molar-refractivity contribution in [3.8, 4) is 6.07 Å². The Morgan fingerprint density at radius 1 is 1.47 bits per heavy atom. The summed E-state index contributed by atoms with van der Waals surface area (Å²) < 4.78 is 0. The zero-order valence-electron chi connectivity index (χ0n) is 11.2. The first kappa shape index (κ1) is 13.6. The van der Waals surface area contributed by atoms with Crippen LogP contribution in [0.2, 0.25) is 0 Å². The second-order valence-corrected chi connectivity index (χ2v) is 5.34. The van der Waals surface area contributed by atoms with Crippen molar-refractivity contribution >= 4 is 5.91 Å². The van der Waals surface area contributed by atoms with Crippen molar-refractivity contribution < 1.29 is 4.79 Å². The van der Waals surface area contributed by atoms with Crippen LogP contribution in [-0.2, 0) is 11.3 Å². The van der Waals surface area contributed by atoms with Gasteiger partial charge in [0.2, 0.25) is 5.91 Å². The first-order valence-electron chi connectivity index (χ1n) is 6.59. The van der Waals surface area contributed by atoms with Crippen molar-refractivity contribution in [1.82, 2.24) is 4.90 Å². The molecule has 100 valence electrons. The van der Waals surface area contributed by atoms with Crippen molar-refractivity contribution in [1.29, 1.82) is 5.26 Å². The van der Waals surface area contributed by atoms with Crippen LogP contribution in [0.5, 0.6) is 0 Å². The molecule has 19 heavy (non-hydrogen) atoms. The number of nitriles is 1. The number of carbonyl (C=O) groups is 1. The van der Waals surface area contributed by atoms with Crippen LogP contribution >= 0.6 is 0 Å². The average molecular weight is 257 g/mol. The first-order valence-corrected chi connectivity index (χ1v) is 6.59. The van der Waals surface area contributed by atoms with E-state index in [0.717, 1.165) is 31.2 Å². The summed E-state index contributed by atoms with van der Waals surface area (Å²) in [6.45, 7) is 0.493. The van der Waals surface area contributed by atoms with Gasteiger partial charge in [0.05, 0.1) is 17.2 Å². The van der Waals surface area contributed by atoms with E-state index in [1.807, 2.05) is 18.2 Å². The molecule has 1 amide bonds. The van der Waals surface area contributed by atoms with Gasteiger partial charge in [-0.25, -0.2) is 0 Å². The molecule has 0 saturated heterocycles. The highest BCUT2D eigenvalue weighted by Gasteiger charge is 2.38. The molecule has 1 saturated carbocycles. The highest BCUT2D eigenvalue weighted by atomic mass is 16.2. The Hall–Kier alpha value is -1.86. The van der Waals surface area contributed by atoms with Crippen LogP contribution < -0.4 is 5.73 Å². The molecule has 0 bridgehead atoms. The second kappa shape index (κ2) is 5.41. The largest absolute Gasteiger partial charge is 0.340 e. The molecule has 2 N–H and O–H groups in total. The Kier molecular flexibility index (Phi) is 3.87. The summed E-state index contributed by atoms with van der Waals surface area (Å²) in [5.41, 5.74) is 7.06. The second-order valence-electron chi connectivity index (χ2n) is 5.34. The molecular weight excluding hydrogens is 238 g/mol. The molecule has 1 aromatic carbocycles. The lowest BCUT2D eigenvalue weighted by atomic mass is 9.97. The van der Waals surface area contributed by atoms with Gasteiger partial charge in [-0.2, -0.15) is 5.26 Å². The Balaban J connectivity index is 2.06. The van der Waals surface area contributed by atoms with Gasteiger partial charge in [-0.1, -0.05) is 25.0 Å². The molecule has 0 aromatic heterocycles. The number of likely N-dealkylation sites (N-methyl/N-ethyl adjacent to an activating group) is 1. The fourth-order valence-corrected chi connectivity index (χ4v) is 2.68. The number of nitrogens with two attached hydrogens (primary N) is 1. The van der Waals surface area contributed by atoms with E-state index in [1.54, 1.807) is 18.0 Å². The van der Waals surface area contributed by atoms with Gasteiger partial charge >= 0.3 is 0 Å². The molecule has 1 aliphatic carbocycles. The fraction of sp³-hybridized carbons (Fsp3) is 0.467. The van der Waals surface area contributed by atoms with Gasteiger partial charge in [0.25, 0.3) is 0 Å². The zero-order valence-corrected chi connectivity index (χ0v) is 11.2. The molecule has 0 heterocycles. The number of amides is 1. The summed E-state index contributed by atoms with van der Waals surface area (Å²) in [5, 5.41) is 8.87. The molecule has 2 rings (SSSR count). The molecule has 0 spiro atoms. The van der Waals surface area contributed by atoms with Crippen LogP contribution in [-0.4, -0.2) is 23.4 Å². The third-order valence-electron chi connectivity index (χ3n) is 3.74. The quantitative estimate of drug-likeness (QED) is 0.897. The van der Waals surface area contributed by atoms with Gasteiger partial charge < -0.3 is 10.6 Å². The van der Waals surface area contributed by atoms with E-state index in [9.17, 15) is 4.79 Å². The standard InChI is InChI=1S/C15H19N3O/c1-18(14(19)15(17)7-2-3-8-15)11-13-6-4-5-12(9-13)10-16/h4-6,9H,2-3,7-8,11,17H2,1H3. The maximum absolute atomic E-state index is 12.4. The first-order chi connectivity index (χ1) is 9.05. The van der Waals surface area contributed by atoms with Gasteiger partial charge in [-0.3, -0.25) is 4.79 Å². The molecule has 0 unspecified atom stereocenters. The number of benzene rings is 1. The topological polar surface area (TPSA) is 70.1 Å². The summed E-state index contributed by atoms with van der Waals surface area (Å²) in [7, 11) is 1.77. The SMILES string of the molecule is CN(Cc1cccc(C#N)c1)C(=O)C1(N)CCCC1. The summed E-state index contributed by atoms with van der Waals surface area (Å²) in [6, 6.07) is 9.42. The molecule has 4 heteroatoms. The fourth-order valence-electron chi connectivity index (χ4n) is 2.68. The maximum atomic E-state index is 12.4. The van der Waals surface area contributed by atoms with Crippen LogP contribution in [0.1, 0.15) is 36.8 Å². The predicted octanol–water partition coefficient (Wildman–Crippen LogP) is 1.79. The monoisotopic (exact) mass is 257 g/mol. The Morgan fingerprint density at radius 2 is 2.16 bits per heavy atom. The molecular formula is C15H19N3O. The normalized spacial score (nSPS) is 16.9. The maximum Gasteiger partial charge on any atom is 0.242 e. The lowest BCUT2D eigenvalue weighted by Gasteiger charge is -2.28. The van der Waals surface area contributed by atoms with Gasteiger partial charge in [0.15, 0.2) is 0 Å². The van der Waals surface area contributed by atoms with E-state index in [2.05, 4.69) is 6.07 Å². The highest BCUT2D eigenvalue weighted by Crippen LogP contribution is 2.29. The van der Waals surface area contributed by atoms with E-state index < -0.39 is 5.54 Å². The minimum Gasteiger partial charge on any atom is -0.340 e. The van der Waals surface area contributed by atoms with Crippen LogP contribution in [0.4, 0.5) is 0 Å². The van der Waals surface area contributed by atoms with E-state index in [0.29, 0.717) is 12.1 Å². The van der Waals surface area contributed by atoms with E-state index in [4.69, 9.17) is 11.0 Å². The number of hydrogen-bond acceptors (Lipinski definition) is 3. The highest BCUT2D eigenvalue weighted by molar-refractivity contribution is 5.86. The lowest BCUT2D eigenvalue weighted by molar-refractivity contribution is -0.136.